The minimum Gasteiger partial charge on any atom is -0.287 e. The summed E-state index contributed by atoms with van der Waals surface area (Å²) in [7, 11) is 0. The normalized spacial score (nSPS) is 10.3. The van der Waals surface area contributed by atoms with Crippen molar-refractivity contribution in [3.8, 4) is 0 Å². The first kappa shape index (κ1) is 11.7. The van der Waals surface area contributed by atoms with Crippen LogP contribution >= 0.6 is 11.6 Å². The van der Waals surface area contributed by atoms with E-state index >= 15 is 0 Å². The molecule has 2 aromatic rings. The summed E-state index contributed by atoms with van der Waals surface area (Å²) in [4.78, 5) is 16.0. The molecule has 0 N–H and O–H groups in total. The third kappa shape index (κ3) is 2.17. The largest absolute Gasteiger partial charge is 0.287 e. The molecule has 0 aliphatic rings. The number of ketones is 1. The Kier molecular flexibility index (Phi) is 3.15. The van der Waals surface area contributed by atoms with Gasteiger partial charge in [-0.3, -0.25) is 9.78 Å². The number of hydrogen-bond donors (Lipinski definition) is 0. The van der Waals surface area contributed by atoms with Crippen LogP contribution < -0.4 is 0 Å². The maximum Gasteiger partial charge on any atom is 0.213 e. The van der Waals surface area contributed by atoms with Crippen LogP contribution in [0.25, 0.3) is 0 Å². The summed E-state index contributed by atoms with van der Waals surface area (Å²) in [6.45, 7) is 3.62. The van der Waals surface area contributed by atoms with Crippen molar-refractivity contribution in [3.63, 3.8) is 0 Å². The summed E-state index contributed by atoms with van der Waals surface area (Å²) >= 11 is 5.84. The Bertz CT molecular complexity index is 569. The molecule has 0 aliphatic heterocycles. The highest BCUT2D eigenvalue weighted by atomic mass is 35.5. The van der Waals surface area contributed by atoms with E-state index in [2.05, 4.69) is 15.2 Å². The number of rotatable bonds is 2. The quantitative estimate of drug-likeness (QED) is 0.765. The van der Waals surface area contributed by atoms with Gasteiger partial charge in [0.15, 0.2) is 5.15 Å². The molecule has 0 saturated carbocycles. The SMILES string of the molecule is Cc1c(Cl)nnc(C(=O)c2ccncc2)c1C. The highest BCUT2D eigenvalue weighted by Crippen LogP contribution is 2.19. The number of carbonyl (C=O) groups excluding carboxylic acids is 1. The fourth-order valence-corrected chi connectivity index (χ4v) is 1.61. The molecule has 0 atom stereocenters. The van der Waals surface area contributed by atoms with Gasteiger partial charge in [-0.15, -0.1) is 10.2 Å². The number of carbonyl (C=O) groups is 1. The van der Waals surface area contributed by atoms with Crippen LogP contribution in [0.3, 0.4) is 0 Å². The van der Waals surface area contributed by atoms with Gasteiger partial charge in [-0.2, -0.15) is 0 Å². The lowest BCUT2D eigenvalue weighted by molar-refractivity contribution is 0.103. The summed E-state index contributed by atoms with van der Waals surface area (Å²) in [6.07, 6.45) is 3.14. The molecular formula is C12H10ClN3O. The summed E-state index contributed by atoms with van der Waals surface area (Å²) in [5, 5.41) is 7.96. The first-order valence-corrected chi connectivity index (χ1v) is 5.43. The highest BCUT2D eigenvalue weighted by molar-refractivity contribution is 6.30. The Morgan fingerprint density at radius 1 is 1.12 bits per heavy atom. The van der Waals surface area contributed by atoms with Crippen LogP contribution in [-0.2, 0) is 0 Å². The minimum absolute atomic E-state index is 0.169. The monoisotopic (exact) mass is 247 g/mol. The lowest BCUT2D eigenvalue weighted by Gasteiger charge is -2.06. The first-order valence-electron chi connectivity index (χ1n) is 5.05. The van der Waals surface area contributed by atoms with Crippen LogP contribution in [0, 0.1) is 13.8 Å². The van der Waals surface area contributed by atoms with Crippen LogP contribution in [0.5, 0.6) is 0 Å². The van der Waals surface area contributed by atoms with Crippen LogP contribution in [0.1, 0.15) is 27.2 Å². The zero-order chi connectivity index (χ0) is 12.4. The third-order valence-corrected chi connectivity index (χ3v) is 2.98. The van der Waals surface area contributed by atoms with Gasteiger partial charge in [-0.25, -0.2) is 0 Å². The molecule has 0 saturated heterocycles. The zero-order valence-corrected chi connectivity index (χ0v) is 10.2. The molecule has 17 heavy (non-hydrogen) atoms. The molecule has 0 aromatic carbocycles. The van der Waals surface area contributed by atoms with Gasteiger partial charge >= 0.3 is 0 Å². The number of halogens is 1. The second-order valence-corrected chi connectivity index (χ2v) is 4.01. The molecule has 0 spiro atoms. The lowest BCUT2D eigenvalue weighted by atomic mass is 10.0. The van der Waals surface area contributed by atoms with Crippen molar-refractivity contribution < 1.29 is 4.79 Å². The van der Waals surface area contributed by atoms with Gasteiger partial charge in [-0.1, -0.05) is 11.6 Å². The Morgan fingerprint density at radius 3 is 2.41 bits per heavy atom. The molecular weight excluding hydrogens is 238 g/mol. The van der Waals surface area contributed by atoms with Crippen LogP contribution in [0.15, 0.2) is 24.5 Å². The summed E-state index contributed by atoms with van der Waals surface area (Å²) in [5.74, 6) is -0.169. The summed E-state index contributed by atoms with van der Waals surface area (Å²) in [5.41, 5.74) is 2.41. The highest BCUT2D eigenvalue weighted by Gasteiger charge is 2.16. The predicted molar refractivity (Wildman–Crippen MR) is 64.2 cm³/mol. The van der Waals surface area contributed by atoms with Gasteiger partial charge in [0.1, 0.15) is 5.69 Å². The molecule has 86 valence electrons. The standard InChI is InChI=1S/C12H10ClN3O/c1-7-8(2)12(13)16-15-10(7)11(17)9-3-5-14-6-4-9/h3-6H,1-2H3. The van der Waals surface area contributed by atoms with E-state index in [0.717, 1.165) is 11.1 Å². The molecule has 0 unspecified atom stereocenters. The molecule has 0 amide bonds. The number of nitrogens with zero attached hydrogens (tertiary/aromatic N) is 3. The van der Waals surface area contributed by atoms with Crippen molar-refractivity contribution in [1.29, 1.82) is 0 Å². The lowest BCUT2D eigenvalue weighted by Crippen LogP contribution is -2.09. The zero-order valence-electron chi connectivity index (χ0n) is 9.44. The molecule has 0 bridgehead atoms. The van der Waals surface area contributed by atoms with Crippen LogP contribution in [0.2, 0.25) is 5.15 Å². The molecule has 4 nitrogen and oxygen atoms in total. The van der Waals surface area contributed by atoms with E-state index in [9.17, 15) is 4.79 Å². The molecule has 0 aliphatic carbocycles. The first-order chi connectivity index (χ1) is 8.11. The van der Waals surface area contributed by atoms with E-state index < -0.39 is 0 Å². The molecule has 2 rings (SSSR count). The van der Waals surface area contributed by atoms with Gasteiger partial charge in [0, 0.05) is 18.0 Å². The third-order valence-electron chi connectivity index (χ3n) is 2.62. The predicted octanol–water partition coefficient (Wildman–Crippen LogP) is 2.37. The fraction of sp³-hybridized carbons (Fsp3) is 0.167. The summed E-state index contributed by atoms with van der Waals surface area (Å²) in [6, 6.07) is 3.29. The van der Waals surface area contributed by atoms with Crippen LogP contribution in [-0.4, -0.2) is 21.0 Å². The maximum atomic E-state index is 12.2. The van der Waals surface area contributed by atoms with Crippen molar-refractivity contribution in [2.24, 2.45) is 0 Å². The number of pyridine rings is 1. The van der Waals surface area contributed by atoms with E-state index in [1.54, 1.807) is 24.5 Å². The molecule has 0 radical (unpaired) electrons. The average molecular weight is 248 g/mol. The molecule has 2 heterocycles. The van der Waals surface area contributed by atoms with Crippen molar-refractivity contribution in [3.05, 3.63) is 52.1 Å². The Hall–Kier alpha value is -1.81. The van der Waals surface area contributed by atoms with Gasteiger partial charge in [0.2, 0.25) is 5.78 Å². The van der Waals surface area contributed by atoms with E-state index in [4.69, 9.17) is 11.6 Å². The van der Waals surface area contributed by atoms with Crippen LogP contribution in [0.4, 0.5) is 0 Å². The van der Waals surface area contributed by atoms with Gasteiger partial charge < -0.3 is 0 Å². The van der Waals surface area contributed by atoms with Crippen molar-refractivity contribution in [1.82, 2.24) is 15.2 Å². The Balaban J connectivity index is 2.49. The van der Waals surface area contributed by atoms with E-state index in [-0.39, 0.29) is 5.78 Å². The second-order valence-electron chi connectivity index (χ2n) is 3.65. The van der Waals surface area contributed by atoms with E-state index in [1.165, 1.54) is 0 Å². The van der Waals surface area contributed by atoms with Crippen molar-refractivity contribution >= 4 is 17.4 Å². The topological polar surface area (TPSA) is 55.7 Å². The van der Waals surface area contributed by atoms with Gasteiger partial charge in [0.05, 0.1) is 0 Å². The Morgan fingerprint density at radius 2 is 1.76 bits per heavy atom. The summed E-state index contributed by atoms with van der Waals surface area (Å²) < 4.78 is 0. The van der Waals surface area contributed by atoms with E-state index in [1.807, 2.05) is 13.8 Å². The average Bonchev–Trinajstić information content (AvgIpc) is 2.36. The Labute approximate surface area is 104 Å². The fourth-order valence-electron chi connectivity index (χ4n) is 1.43. The molecule has 0 fully saturated rings. The molecule has 5 heteroatoms. The van der Waals surface area contributed by atoms with Gasteiger partial charge in [-0.05, 0) is 37.1 Å². The van der Waals surface area contributed by atoms with Gasteiger partial charge in [0.25, 0.3) is 0 Å². The van der Waals surface area contributed by atoms with Crippen molar-refractivity contribution in [2.45, 2.75) is 13.8 Å². The van der Waals surface area contributed by atoms with Crippen molar-refractivity contribution in [2.75, 3.05) is 0 Å². The second kappa shape index (κ2) is 4.59. The smallest absolute Gasteiger partial charge is 0.213 e. The minimum atomic E-state index is -0.169. The number of hydrogen-bond acceptors (Lipinski definition) is 4. The molecule has 2 aromatic heterocycles. The number of aromatic nitrogens is 3. The van der Waals surface area contributed by atoms with E-state index in [0.29, 0.717) is 16.4 Å². The maximum absolute atomic E-state index is 12.2.